The van der Waals surface area contributed by atoms with Gasteiger partial charge in [-0.25, -0.2) is 13.9 Å². The topological polar surface area (TPSA) is 59.3 Å². The molecule has 2 aromatic carbocycles. The molecule has 5 nitrogen and oxygen atoms in total. The van der Waals surface area contributed by atoms with Gasteiger partial charge in [-0.1, -0.05) is 31.2 Å². The van der Waals surface area contributed by atoms with E-state index in [1.807, 2.05) is 43.5 Å². The zero-order chi connectivity index (χ0) is 22.8. The monoisotopic (exact) mass is 430 g/mol. The average molecular weight is 431 g/mol. The SMILES string of the molecule is CCc1cccc(NC(=O)CCc2c(C)nc3c(-c4ccc(F)cc4)c(C)nn3c2C)c1. The van der Waals surface area contributed by atoms with Crippen LogP contribution in [-0.4, -0.2) is 20.5 Å². The molecule has 0 aliphatic rings. The third kappa shape index (κ3) is 4.26. The van der Waals surface area contributed by atoms with Crippen LogP contribution in [0, 0.1) is 26.6 Å². The van der Waals surface area contributed by atoms with Crippen LogP contribution in [0.2, 0.25) is 0 Å². The molecule has 0 unspecified atom stereocenters. The zero-order valence-corrected chi connectivity index (χ0v) is 18.9. The van der Waals surface area contributed by atoms with Crippen molar-refractivity contribution in [1.29, 1.82) is 0 Å². The Bertz CT molecular complexity index is 1290. The largest absolute Gasteiger partial charge is 0.326 e. The predicted molar refractivity (Wildman–Crippen MR) is 125 cm³/mol. The van der Waals surface area contributed by atoms with E-state index in [-0.39, 0.29) is 11.7 Å². The smallest absolute Gasteiger partial charge is 0.224 e. The van der Waals surface area contributed by atoms with Crippen LogP contribution in [0.5, 0.6) is 0 Å². The molecular formula is C26H27FN4O. The summed E-state index contributed by atoms with van der Waals surface area (Å²) in [7, 11) is 0. The molecule has 0 fully saturated rings. The molecule has 2 aromatic heterocycles. The molecule has 164 valence electrons. The van der Waals surface area contributed by atoms with Crippen molar-refractivity contribution in [3.8, 4) is 11.1 Å². The van der Waals surface area contributed by atoms with Crippen molar-refractivity contribution >= 4 is 17.2 Å². The molecule has 0 spiro atoms. The third-order valence-electron chi connectivity index (χ3n) is 5.85. The van der Waals surface area contributed by atoms with Crippen LogP contribution in [0.3, 0.4) is 0 Å². The van der Waals surface area contributed by atoms with Crippen LogP contribution >= 0.6 is 0 Å². The van der Waals surface area contributed by atoms with E-state index in [0.717, 1.165) is 51.5 Å². The second kappa shape index (κ2) is 8.91. The Kier molecular flexibility index (Phi) is 6.04. The summed E-state index contributed by atoms with van der Waals surface area (Å²) in [5.41, 5.74) is 8.22. The van der Waals surface area contributed by atoms with Gasteiger partial charge in [0.05, 0.1) is 5.69 Å². The lowest BCUT2D eigenvalue weighted by molar-refractivity contribution is -0.116. The minimum Gasteiger partial charge on any atom is -0.326 e. The molecule has 4 aromatic rings. The molecule has 1 amide bonds. The molecule has 0 bridgehead atoms. The minimum atomic E-state index is -0.273. The molecule has 0 saturated carbocycles. The van der Waals surface area contributed by atoms with Crippen LogP contribution in [-0.2, 0) is 17.6 Å². The fraction of sp³-hybridized carbons (Fsp3) is 0.269. The Balaban J connectivity index is 1.58. The summed E-state index contributed by atoms with van der Waals surface area (Å²) in [5.74, 6) is -0.300. The van der Waals surface area contributed by atoms with E-state index in [9.17, 15) is 9.18 Å². The van der Waals surface area contributed by atoms with Gasteiger partial charge in [0, 0.05) is 29.1 Å². The molecule has 32 heavy (non-hydrogen) atoms. The van der Waals surface area contributed by atoms with Gasteiger partial charge < -0.3 is 5.32 Å². The molecule has 0 atom stereocenters. The van der Waals surface area contributed by atoms with E-state index < -0.39 is 0 Å². The number of aromatic nitrogens is 3. The lowest BCUT2D eigenvalue weighted by Gasteiger charge is -2.12. The number of nitrogens with zero attached hydrogens (tertiary/aromatic N) is 3. The molecule has 0 radical (unpaired) electrons. The summed E-state index contributed by atoms with van der Waals surface area (Å²) in [4.78, 5) is 17.4. The minimum absolute atomic E-state index is 0.0270. The van der Waals surface area contributed by atoms with Gasteiger partial charge in [0.2, 0.25) is 5.91 Å². The first-order valence-corrected chi connectivity index (χ1v) is 10.9. The van der Waals surface area contributed by atoms with Crippen LogP contribution in [0.1, 0.15) is 41.6 Å². The van der Waals surface area contributed by atoms with Crippen molar-refractivity contribution in [1.82, 2.24) is 14.6 Å². The van der Waals surface area contributed by atoms with Crippen molar-refractivity contribution in [2.75, 3.05) is 5.32 Å². The number of rotatable bonds is 6. The van der Waals surface area contributed by atoms with E-state index in [0.29, 0.717) is 12.8 Å². The number of nitrogens with one attached hydrogen (secondary N) is 1. The highest BCUT2D eigenvalue weighted by molar-refractivity contribution is 5.91. The number of amides is 1. The van der Waals surface area contributed by atoms with Crippen molar-refractivity contribution < 1.29 is 9.18 Å². The third-order valence-corrected chi connectivity index (χ3v) is 5.85. The van der Waals surface area contributed by atoms with Crippen molar-refractivity contribution in [2.24, 2.45) is 0 Å². The Labute approximate surface area is 187 Å². The molecule has 2 heterocycles. The maximum Gasteiger partial charge on any atom is 0.224 e. The van der Waals surface area contributed by atoms with Crippen LogP contribution in [0.4, 0.5) is 10.1 Å². The molecule has 4 rings (SSSR count). The van der Waals surface area contributed by atoms with Crippen LogP contribution in [0.25, 0.3) is 16.8 Å². The van der Waals surface area contributed by atoms with E-state index in [1.165, 1.54) is 17.7 Å². The highest BCUT2D eigenvalue weighted by Gasteiger charge is 2.18. The van der Waals surface area contributed by atoms with Gasteiger partial charge in [-0.3, -0.25) is 4.79 Å². The number of benzene rings is 2. The summed E-state index contributed by atoms with van der Waals surface area (Å²) in [6, 6.07) is 14.3. The molecule has 0 aliphatic carbocycles. The van der Waals surface area contributed by atoms with Gasteiger partial charge >= 0.3 is 0 Å². The Morgan fingerprint density at radius 3 is 2.53 bits per heavy atom. The summed E-state index contributed by atoms with van der Waals surface area (Å²) in [5, 5.41) is 7.68. The van der Waals surface area contributed by atoms with Gasteiger partial charge in [-0.05, 0) is 74.6 Å². The van der Waals surface area contributed by atoms with E-state index in [4.69, 9.17) is 4.98 Å². The molecule has 0 saturated heterocycles. The average Bonchev–Trinajstić information content (AvgIpc) is 3.10. The van der Waals surface area contributed by atoms with E-state index >= 15 is 0 Å². The summed E-state index contributed by atoms with van der Waals surface area (Å²) >= 11 is 0. The van der Waals surface area contributed by atoms with Gasteiger partial charge in [-0.15, -0.1) is 0 Å². The number of fused-ring (bicyclic) bond motifs is 1. The number of carbonyl (C=O) groups is 1. The Morgan fingerprint density at radius 1 is 1.06 bits per heavy atom. The Hall–Kier alpha value is -3.54. The van der Waals surface area contributed by atoms with Crippen molar-refractivity contribution in [3.05, 3.63) is 82.6 Å². The van der Waals surface area contributed by atoms with Crippen molar-refractivity contribution in [3.63, 3.8) is 0 Å². The Morgan fingerprint density at radius 2 is 1.81 bits per heavy atom. The fourth-order valence-electron chi connectivity index (χ4n) is 4.12. The lowest BCUT2D eigenvalue weighted by atomic mass is 10.0. The predicted octanol–water partition coefficient (Wildman–Crippen LogP) is 5.59. The molecule has 1 N–H and O–H groups in total. The number of halogens is 1. The summed E-state index contributed by atoms with van der Waals surface area (Å²) in [6.45, 7) is 7.98. The number of hydrogen-bond acceptors (Lipinski definition) is 3. The maximum absolute atomic E-state index is 13.4. The quantitative estimate of drug-likeness (QED) is 0.433. The van der Waals surface area contributed by atoms with E-state index in [2.05, 4.69) is 23.4 Å². The number of hydrogen-bond donors (Lipinski definition) is 1. The first kappa shape index (κ1) is 21.7. The maximum atomic E-state index is 13.4. The number of carbonyl (C=O) groups excluding carboxylic acids is 1. The van der Waals surface area contributed by atoms with Gasteiger partial charge in [0.15, 0.2) is 5.65 Å². The highest BCUT2D eigenvalue weighted by Crippen LogP contribution is 2.29. The summed E-state index contributed by atoms with van der Waals surface area (Å²) in [6.07, 6.45) is 1.86. The highest BCUT2D eigenvalue weighted by atomic mass is 19.1. The second-order valence-corrected chi connectivity index (χ2v) is 8.07. The standard InChI is InChI=1S/C26H27FN4O/c1-5-19-7-6-8-22(15-19)29-24(32)14-13-23-16(2)28-26-25(17(3)30-31(26)18(23)4)20-9-11-21(27)12-10-20/h6-12,15H,5,13-14H2,1-4H3,(H,29,32). The first-order valence-electron chi connectivity index (χ1n) is 10.9. The van der Waals surface area contributed by atoms with Gasteiger partial charge in [0.1, 0.15) is 5.82 Å². The number of anilines is 1. The van der Waals surface area contributed by atoms with Crippen LogP contribution < -0.4 is 5.32 Å². The van der Waals surface area contributed by atoms with Crippen molar-refractivity contribution in [2.45, 2.75) is 47.0 Å². The lowest BCUT2D eigenvalue weighted by Crippen LogP contribution is -2.14. The van der Waals surface area contributed by atoms with Gasteiger partial charge in [-0.2, -0.15) is 5.10 Å². The molecule has 0 aliphatic heterocycles. The van der Waals surface area contributed by atoms with E-state index in [1.54, 1.807) is 12.1 Å². The first-order chi connectivity index (χ1) is 15.4. The van der Waals surface area contributed by atoms with Gasteiger partial charge in [0.25, 0.3) is 0 Å². The zero-order valence-electron chi connectivity index (χ0n) is 18.9. The van der Waals surface area contributed by atoms with Crippen LogP contribution in [0.15, 0.2) is 48.5 Å². The fourth-order valence-corrected chi connectivity index (χ4v) is 4.12. The molecule has 6 heteroatoms. The molecular weight excluding hydrogens is 403 g/mol. The number of aryl methyl sites for hydroxylation is 4. The normalized spacial score (nSPS) is 11.2. The second-order valence-electron chi connectivity index (χ2n) is 8.07. The summed E-state index contributed by atoms with van der Waals surface area (Å²) < 4.78 is 15.2.